The van der Waals surface area contributed by atoms with Crippen LogP contribution in [-0.4, -0.2) is 142 Å². The Balaban J connectivity index is 1.89. The number of carbonyl (C=O) groups is 2. The van der Waals surface area contributed by atoms with Crippen molar-refractivity contribution in [2.75, 3.05) is 26.4 Å². The van der Waals surface area contributed by atoms with Gasteiger partial charge < -0.3 is 64.2 Å². The maximum absolute atomic E-state index is 12.8. The van der Waals surface area contributed by atoms with Gasteiger partial charge in [0.25, 0.3) is 0 Å². The van der Waals surface area contributed by atoms with Crippen LogP contribution in [0.3, 0.4) is 0 Å². The second-order valence-corrected chi connectivity index (χ2v) is 15.2. The summed E-state index contributed by atoms with van der Waals surface area (Å²) in [5.41, 5.74) is 0. The van der Waals surface area contributed by atoms with Gasteiger partial charge in [-0.1, -0.05) is 123 Å². The van der Waals surface area contributed by atoms with Crippen LogP contribution in [0, 0.1) is 0 Å². The van der Waals surface area contributed by atoms with E-state index in [1.807, 2.05) is 0 Å². The van der Waals surface area contributed by atoms with Crippen LogP contribution in [-0.2, 0) is 38.0 Å². The van der Waals surface area contributed by atoms with E-state index in [0.717, 1.165) is 38.5 Å². The summed E-state index contributed by atoms with van der Waals surface area (Å²) in [6.45, 7) is 2.52. The largest absolute Gasteiger partial charge is 0.462 e. The molecule has 2 heterocycles. The molecule has 2 rings (SSSR count). The molecule has 7 N–H and O–H groups in total. The van der Waals surface area contributed by atoms with Crippen molar-refractivity contribution in [2.24, 2.45) is 0 Å². The van der Waals surface area contributed by atoms with Gasteiger partial charge in [0.05, 0.1) is 19.8 Å². The van der Waals surface area contributed by atoms with Crippen LogP contribution in [0.5, 0.6) is 0 Å². The molecule has 0 radical (unpaired) electrons. The molecule has 0 aromatic rings. The first-order valence-corrected chi connectivity index (χ1v) is 21.1. The molecular weight excluding hydrogens is 720 g/mol. The Bertz CT molecular complexity index is 986. The van der Waals surface area contributed by atoms with E-state index in [2.05, 4.69) is 13.8 Å². The highest BCUT2D eigenvalue weighted by atomic mass is 16.7. The van der Waals surface area contributed by atoms with Crippen molar-refractivity contribution in [1.29, 1.82) is 0 Å². The van der Waals surface area contributed by atoms with Crippen LogP contribution in [0.1, 0.15) is 149 Å². The molecule has 15 nitrogen and oxygen atoms in total. The fourth-order valence-corrected chi connectivity index (χ4v) is 6.74. The minimum Gasteiger partial charge on any atom is -0.462 e. The van der Waals surface area contributed by atoms with E-state index in [1.54, 1.807) is 0 Å². The molecule has 0 amide bonds. The number of aliphatic hydroxyl groups is 7. The standard InChI is InChI=1S/C40H74O15/c1-3-5-7-9-11-13-14-15-17-19-21-23-32(43)53-28(25-50-31(42)22-20-18-16-12-10-8-6-4-2)26-51-39-38(49)36(47)34(45)30(55-39)27-52-40-37(48)35(46)33(44)29(24-41)54-40/h28-30,33-41,44-49H,3-27H2,1-2H3. The van der Waals surface area contributed by atoms with Crippen LogP contribution in [0.4, 0.5) is 0 Å². The second-order valence-electron chi connectivity index (χ2n) is 15.2. The Morgan fingerprint density at radius 3 is 1.42 bits per heavy atom. The van der Waals surface area contributed by atoms with Crippen molar-refractivity contribution in [2.45, 2.75) is 216 Å². The lowest BCUT2D eigenvalue weighted by Crippen LogP contribution is -2.61. The van der Waals surface area contributed by atoms with Gasteiger partial charge in [-0.05, 0) is 12.8 Å². The molecule has 0 spiro atoms. The van der Waals surface area contributed by atoms with E-state index in [9.17, 15) is 45.3 Å². The van der Waals surface area contributed by atoms with Crippen LogP contribution in [0.25, 0.3) is 0 Å². The van der Waals surface area contributed by atoms with Crippen LogP contribution >= 0.6 is 0 Å². The van der Waals surface area contributed by atoms with E-state index < -0.39 is 92.7 Å². The first-order valence-electron chi connectivity index (χ1n) is 21.1. The summed E-state index contributed by atoms with van der Waals surface area (Å²) < 4.78 is 33.3. The zero-order valence-corrected chi connectivity index (χ0v) is 33.4. The van der Waals surface area contributed by atoms with Gasteiger partial charge in [-0.15, -0.1) is 0 Å². The number of esters is 2. The summed E-state index contributed by atoms with van der Waals surface area (Å²) in [7, 11) is 0. The fraction of sp³-hybridized carbons (Fsp3) is 0.950. The first kappa shape index (κ1) is 49.6. The molecule has 0 aliphatic carbocycles. The number of aliphatic hydroxyl groups excluding tert-OH is 7. The van der Waals surface area contributed by atoms with Crippen molar-refractivity contribution in [3.05, 3.63) is 0 Å². The van der Waals surface area contributed by atoms with E-state index in [1.165, 1.54) is 70.6 Å². The zero-order valence-electron chi connectivity index (χ0n) is 33.4. The minimum absolute atomic E-state index is 0.171. The molecular formula is C40H74O15. The van der Waals surface area contributed by atoms with Crippen molar-refractivity contribution >= 4 is 11.9 Å². The number of hydrogen-bond acceptors (Lipinski definition) is 15. The van der Waals surface area contributed by atoms with Gasteiger partial charge in [-0.25, -0.2) is 0 Å². The lowest BCUT2D eigenvalue weighted by atomic mass is 9.98. The quantitative estimate of drug-likeness (QED) is 0.0394. The van der Waals surface area contributed by atoms with Crippen molar-refractivity contribution < 1.29 is 73.8 Å². The number of unbranched alkanes of at least 4 members (excludes halogenated alkanes) is 17. The number of carbonyl (C=O) groups excluding carboxylic acids is 2. The lowest BCUT2D eigenvalue weighted by molar-refractivity contribution is -0.332. The fourth-order valence-electron chi connectivity index (χ4n) is 6.74. The second kappa shape index (κ2) is 29.7. The number of ether oxygens (including phenoxy) is 6. The predicted molar refractivity (Wildman–Crippen MR) is 201 cm³/mol. The maximum atomic E-state index is 12.8. The van der Waals surface area contributed by atoms with Gasteiger partial charge in [0, 0.05) is 12.8 Å². The molecule has 2 aliphatic rings. The molecule has 11 atom stereocenters. The number of rotatable bonds is 31. The van der Waals surface area contributed by atoms with Crippen LogP contribution in [0.15, 0.2) is 0 Å². The van der Waals surface area contributed by atoms with Gasteiger partial charge in [-0.2, -0.15) is 0 Å². The normalized spacial score (nSPS) is 28.9. The summed E-state index contributed by atoms with van der Waals surface area (Å²) in [5, 5.41) is 71.6. The van der Waals surface area contributed by atoms with Crippen LogP contribution in [0.2, 0.25) is 0 Å². The van der Waals surface area contributed by atoms with E-state index in [0.29, 0.717) is 12.8 Å². The number of hydrogen-bond donors (Lipinski definition) is 7. The Hall–Kier alpha value is -1.50. The average molecular weight is 795 g/mol. The zero-order chi connectivity index (χ0) is 40.4. The third-order valence-electron chi connectivity index (χ3n) is 10.3. The third-order valence-corrected chi connectivity index (χ3v) is 10.3. The smallest absolute Gasteiger partial charge is 0.306 e. The highest BCUT2D eigenvalue weighted by Crippen LogP contribution is 2.26. The molecule has 2 fully saturated rings. The summed E-state index contributed by atoms with van der Waals surface area (Å²) in [4.78, 5) is 25.4. The summed E-state index contributed by atoms with van der Waals surface area (Å²) >= 11 is 0. The molecule has 324 valence electrons. The molecule has 15 heteroatoms. The Labute approximate surface area is 328 Å². The topological polar surface area (TPSA) is 231 Å². The van der Waals surface area contributed by atoms with Crippen molar-refractivity contribution in [3.8, 4) is 0 Å². The summed E-state index contributed by atoms with van der Waals surface area (Å²) in [6, 6.07) is 0. The molecule has 0 aromatic heterocycles. The van der Waals surface area contributed by atoms with Gasteiger partial charge in [0.2, 0.25) is 0 Å². The van der Waals surface area contributed by atoms with Crippen molar-refractivity contribution in [3.63, 3.8) is 0 Å². The minimum atomic E-state index is -1.76. The Kier molecular flexibility index (Phi) is 26.8. The van der Waals surface area contributed by atoms with Gasteiger partial charge in [-0.3, -0.25) is 9.59 Å². The molecule has 11 unspecified atom stereocenters. The molecule has 2 saturated heterocycles. The van der Waals surface area contributed by atoms with E-state index in [4.69, 9.17) is 28.4 Å². The molecule has 55 heavy (non-hydrogen) atoms. The Morgan fingerprint density at radius 1 is 0.509 bits per heavy atom. The maximum Gasteiger partial charge on any atom is 0.306 e. The van der Waals surface area contributed by atoms with Gasteiger partial charge in [0.1, 0.15) is 55.4 Å². The molecule has 0 bridgehead atoms. The molecule has 0 aromatic carbocycles. The van der Waals surface area contributed by atoms with Gasteiger partial charge >= 0.3 is 11.9 Å². The van der Waals surface area contributed by atoms with Crippen LogP contribution < -0.4 is 0 Å². The third kappa shape index (κ3) is 19.7. The summed E-state index contributed by atoms with van der Waals surface area (Å²) in [5.74, 6) is -0.926. The first-order chi connectivity index (χ1) is 26.5. The molecule has 2 aliphatic heterocycles. The molecule has 0 saturated carbocycles. The highest BCUT2D eigenvalue weighted by molar-refractivity contribution is 5.70. The van der Waals surface area contributed by atoms with Crippen molar-refractivity contribution in [1.82, 2.24) is 0 Å². The SMILES string of the molecule is CCCCCCCCCCCCCC(=O)OC(COC(=O)CCCCCCCCCC)COC1OC(COC2OC(CO)C(O)C(O)C2O)C(O)C(O)C1O. The van der Waals surface area contributed by atoms with E-state index in [-0.39, 0.29) is 26.1 Å². The lowest BCUT2D eigenvalue weighted by Gasteiger charge is -2.42. The Morgan fingerprint density at radius 2 is 0.927 bits per heavy atom. The monoisotopic (exact) mass is 795 g/mol. The summed E-state index contributed by atoms with van der Waals surface area (Å²) in [6.07, 6.45) is 4.62. The average Bonchev–Trinajstić information content (AvgIpc) is 3.18. The highest BCUT2D eigenvalue weighted by Gasteiger charge is 2.47. The van der Waals surface area contributed by atoms with E-state index >= 15 is 0 Å². The predicted octanol–water partition coefficient (Wildman–Crippen LogP) is 3.31. The van der Waals surface area contributed by atoms with Gasteiger partial charge in [0.15, 0.2) is 18.7 Å².